The summed E-state index contributed by atoms with van der Waals surface area (Å²) in [5.41, 5.74) is 2.09. The van der Waals surface area contributed by atoms with Crippen LogP contribution in [-0.2, 0) is 0 Å². The van der Waals surface area contributed by atoms with Crippen molar-refractivity contribution in [2.75, 3.05) is 33.4 Å². The van der Waals surface area contributed by atoms with Crippen molar-refractivity contribution in [3.63, 3.8) is 0 Å². The van der Waals surface area contributed by atoms with Crippen LogP contribution in [0.15, 0.2) is 66.7 Å². The second kappa shape index (κ2) is 9.52. The van der Waals surface area contributed by atoms with Gasteiger partial charge in [0.15, 0.2) is 11.5 Å². The Bertz CT molecular complexity index is 1110. The molecule has 0 bridgehead atoms. The molecule has 6 heteroatoms. The zero-order chi connectivity index (χ0) is 20.8. The van der Waals surface area contributed by atoms with E-state index in [1.807, 2.05) is 60.7 Å². The van der Waals surface area contributed by atoms with Crippen LogP contribution >= 0.6 is 0 Å². The molecule has 0 saturated heterocycles. The van der Waals surface area contributed by atoms with Gasteiger partial charge in [-0.25, -0.2) is 0 Å². The molecule has 0 aliphatic carbocycles. The van der Waals surface area contributed by atoms with Crippen LogP contribution in [0.1, 0.15) is 0 Å². The fraction of sp³-hybridized carbons (Fsp3) is 0.250. The molecule has 6 nitrogen and oxygen atoms in total. The molecule has 1 atom stereocenters. The Labute approximate surface area is 175 Å². The number of ether oxygens (including phenoxy) is 3. The van der Waals surface area contributed by atoms with Gasteiger partial charge in [0.2, 0.25) is 0 Å². The normalized spacial score (nSPS) is 12.2. The van der Waals surface area contributed by atoms with Crippen LogP contribution in [0.5, 0.6) is 17.2 Å². The highest BCUT2D eigenvalue weighted by Gasteiger charge is 2.11. The number of aromatic nitrogens is 1. The number of aliphatic hydroxyl groups excluding tert-OH is 1. The van der Waals surface area contributed by atoms with Crippen LogP contribution in [-0.4, -0.2) is 49.6 Å². The summed E-state index contributed by atoms with van der Waals surface area (Å²) >= 11 is 0. The number of nitrogens with one attached hydrogen (secondary N) is 2. The van der Waals surface area contributed by atoms with Crippen LogP contribution in [0.3, 0.4) is 0 Å². The van der Waals surface area contributed by atoms with Crippen molar-refractivity contribution in [2.45, 2.75) is 6.10 Å². The summed E-state index contributed by atoms with van der Waals surface area (Å²) in [5, 5.41) is 15.6. The number of H-pyrrole nitrogens is 1. The SMILES string of the molecule is [11CH3]Oc1ccccc1OCCNCC(O)COc1cccc2[nH]c3ccccc3c12. The molecule has 0 aliphatic rings. The maximum absolute atomic E-state index is 10.3. The highest BCUT2D eigenvalue weighted by molar-refractivity contribution is 6.10. The molecule has 0 fully saturated rings. The molecule has 0 amide bonds. The fourth-order valence-corrected chi connectivity index (χ4v) is 3.47. The van der Waals surface area contributed by atoms with Crippen molar-refractivity contribution in [3.05, 3.63) is 66.7 Å². The molecule has 156 valence electrons. The molecule has 4 aromatic rings. The fourth-order valence-electron chi connectivity index (χ4n) is 3.47. The molecule has 0 saturated carbocycles. The van der Waals surface area contributed by atoms with Gasteiger partial charge < -0.3 is 29.6 Å². The average Bonchev–Trinajstić information content (AvgIpc) is 3.17. The Hall–Kier alpha value is -3.22. The van der Waals surface area contributed by atoms with E-state index in [1.54, 1.807) is 7.11 Å². The Balaban J connectivity index is 1.26. The van der Waals surface area contributed by atoms with Gasteiger partial charge in [0, 0.05) is 29.4 Å². The molecule has 1 aromatic heterocycles. The monoisotopic (exact) mass is 405 g/mol. The van der Waals surface area contributed by atoms with Crippen molar-refractivity contribution in [3.8, 4) is 17.2 Å². The van der Waals surface area contributed by atoms with Crippen molar-refractivity contribution in [1.82, 2.24) is 10.3 Å². The van der Waals surface area contributed by atoms with E-state index >= 15 is 0 Å². The van der Waals surface area contributed by atoms with Crippen molar-refractivity contribution in [2.24, 2.45) is 0 Å². The Morgan fingerprint density at radius 1 is 0.867 bits per heavy atom. The quantitative estimate of drug-likeness (QED) is 0.351. The van der Waals surface area contributed by atoms with E-state index in [4.69, 9.17) is 14.2 Å². The molecule has 3 aromatic carbocycles. The first-order valence-electron chi connectivity index (χ1n) is 10.0. The highest BCUT2D eigenvalue weighted by Crippen LogP contribution is 2.33. The van der Waals surface area contributed by atoms with Crippen molar-refractivity contribution < 1.29 is 19.3 Å². The summed E-state index contributed by atoms with van der Waals surface area (Å²) in [5.74, 6) is 2.18. The first-order chi connectivity index (χ1) is 14.8. The number of hydrogen-bond acceptors (Lipinski definition) is 5. The minimum atomic E-state index is -0.628. The molecule has 3 N–H and O–H groups in total. The number of benzene rings is 3. The van der Waals surface area contributed by atoms with E-state index < -0.39 is 6.10 Å². The summed E-state index contributed by atoms with van der Waals surface area (Å²) < 4.78 is 16.9. The van der Waals surface area contributed by atoms with Gasteiger partial charge in [0.1, 0.15) is 25.1 Å². The summed E-state index contributed by atoms with van der Waals surface area (Å²) in [6, 6.07) is 21.6. The maximum Gasteiger partial charge on any atom is 0.161 e. The lowest BCUT2D eigenvalue weighted by Gasteiger charge is -2.15. The van der Waals surface area contributed by atoms with Crippen LogP contribution in [0, 0.1) is 0 Å². The second-order valence-electron chi connectivity index (χ2n) is 7.02. The van der Waals surface area contributed by atoms with Gasteiger partial charge in [-0.2, -0.15) is 0 Å². The van der Waals surface area contributed by atoms with Crippen LogP contribution in [0.25, 0.3) is 21.8 Å². The third-order valence-electron chi connectivity index (χ3n) is 4.91. The molecule has 1 unspecified atom stereocenters. The Morgan fingerprint density at radius 3 is 2.47 bits per heavy atom. The molecule has 4 rings (SSSR count). The zero-order valence-corrected chi connectivity index (χ0v) is 16.9. The van der Waals surface area contributed by atoms with Gasteiger partial charge in [-0.15, -0.1) is 0 Å². The van der Waals surface area contributed by atoms with E-state index in [1.165, 1.54) is 0 Å². The molecular formula is C24H26N2O4. The minimum Gasteiger partial charge on any atom is -0.493 e. The second-order valence-corrected chi connectivity index (χ2v) is 7.02. The van der Waals surface area contributed by atoms with Gasteiger partial charge in [-0.1, -0.05) is 36.4 Å². The van der Waals surface area contributed by atoms with Gasteiger partial charge in [-0.05, 0) is 30.3 Å². The topological polar surface area (TPSA) is 75.7 Å². The summed E-state index contributed by atoms with van der Waals surface area (Å²) in [6.45, 7) is 1.70. The predicted molar refractivity (Wildman–Crippen MR) is 119 cm³/mol. The molecule has 0 spiro atoms. The van der Waals surface area contributed by atoms with Gasteiger partial charge in [0.25, 0.3) is 0 Å². The van der Waals surface area contributed by atoms with E-state index in [2.05, 4.69) is 16.4 Å². The van der Waals surface area contributed by atoms with Gasteiger partial charge in [-0.3, -0.25) is 0 Å². The first-order valence-corrected chi connectivity index (χ1v) is 10.0. The predicted octanol–water partition coefficient (Wildman–Crippen LogP) is 3.74. The molecule has 0 radical (unpaired) electrons. The minimum absolute atomic E-state index is 0.207. The van der Waals surface area contributed by atoms with Crippen molar-refractivity contribution in [1.29, 1.82) is 0 Å². The smallest absolute Gasteiger partial charge is 0.161 e. The number of fused-ring (bicyclic) bond motifs is 3. The van der Waals surface area contributed by atoms with E-state index in [9.17, 15) is 5.11 Å². The molecular weight excluding hydrogens is 379 g/mol. The number of aliphatic hydroxyl groups is 1. The van der Waals surface area contributed by atoms with E-state index in [-0.39, 0.29) is 6.61 Å². The number of aromatic amines is 1. The molecule has 30 heavy (non-hydrogen) atoms. The number of rotatable bonds is 10. The lowest BCUT2D eigenvalue weighted by Crippen LogP contribution is -2.33. The third-order valence-corrected chi connectivity index (χ3v) is 4.91. The van der Waals surface area contributed by atoms with Crippen LogP contribution in [0.4, 0.5) is 0 Å². The highest BCUT2D eigenvalue weighted by atomic mass is 16.5. The lowest BCUT2D eigenvalue weighted by atomic mass is 10.1. The largest absolute Gasteiger partial charge is 0.493 e. The average molecular weight is 405 g/mol. The molecule has 0 aliphatic heterocycles. The molecule has 1 heterocycles. The summed E-state index contributed by atoms with van der Waals surface area (Å²) in [7, 11) is 1.62. The Morgan fingerprint density at radius 2 is 1.60 bits per heavy atom. The van der Waals surface area contributed by atoms with Crippen LogP contribution < -0.4 is 19.5 Å². The van der Waals surface area contributed by atoms with Gasteiger partial charge in [0.05, 0.1) is 12.6 Å². The van der Waals surface area contributed by atoms with E-state index in [0.29, 0.717) is 31.2 Å². The lowest BCUT2D eigenvalue weighted by molar-refractivity contribution is 0.106. The summed E-state index contributed by atoms with van der Waals surface area (Å²) in [6.07, 6.45) is -0.628. The Kier molecular flexibility index (Phi) is 6.37. The number of methoxy groups -OCH3 is 1. The maximum atomic E-state index is 10.3. The van der Waals surface area contributed by atoms with E-state index in [0.717, 1.165) is 27.6 Å². The van der Waals surface area contributed by atoms with Gasteiger partial charge >= 0.3 is 0 Å². The number of hydrogen-bond donors (Lipinski definition) is 3. The standard InChI is InChI=1S/C24H26N2O4/c1-28-21-10-4-5-11-22(21)29-14-13-25-15-17(27)16-30-23-12-6-9-20-24(23)18-7-2-3-8-19(18)26-20/h2-12,17,25-27H,13-16H2,1H3/i1-1. The summed E-state index contributed by atoms with van der Waals surface area (Å²) in [4.78, 5) is 3.40. The third kappa shape index (κ3) is 4.50. The number of para-hydroxylation sites is 3. The van der Waals surface area contributed by atoms with Crippen molar-refractivity contribution >= 4 is 21.8 Å². The zero-order valence-electron chi connectivity index (χ0n) is 16.9. The van der Waals surface area contributed by atoms with Crippen LogP contribution in [0.2, 0.25) is 0 Å². The first kappa shape index (κ1) is 20.1.